The minimum atomic E-state index is -3.99. The molecule has 188 valence electrons. The van der Waals surface area contributed by atoms with Crippen molar-refractivity contribution in [3.8, 4) is 0 Å². The maximum Gasteiger partial charge on any atom is 0.384 e. The first-order chi connectivity index (χ1) is 14.6. The predicted octanol–water partition coefficient (Wildman–Crippen LogP) is 3.21. The number of hydrogen-bond acceptors (Lipinski definition) is 7. The van der Waals surface area contributed by atoms with E-state index in [1.807, 2.05) is 0 Å². The summed E-state index contributed by atoms with van der Waals surface area (Å²) in [6.45, 7) is 3.21. The lowest BCUT2D eigenvalue weighted by molar-refractivity contribution is 0.274. The lowest BCUT2D eigenvalue weighted by atomic mass is 10.3. The van der Waals surface area contributed by atoms with E-state index < -0.39 is 13.6 Å². The zero-order valence-electron chi connectivity index (χ0n) is 19.0. The van der Waals surface area contributed by atoms with E-state index in [0.29, 0.717) is 24.6 Å². The summed E-state index contributed by atoms with van der Waals surface area (Å²) >= 11 is 1.44. The van der Waals surface area contributed by atoms with E-state index >= 15 is 0 Å². The third-order valence-corrected chi connectivity index (χ3v) is 9.16. The van der Waals surface area contributed by atoms with Crippen molar-refractivity contribution in [1.29, 1.82) is 0 Å². The summed E-state index contributed by atoms with van der Waals surface area (Å²) in [7, 11) is 0. The molecular formula is C18H43N3O6P2S2. The Hall–Kier alpha value is 0.880. The van der Waals surface area contributed by atoms with Crippen LogP contribution in [0.15, 0.2) is 0 Å². The Morgan fingerprint density at radius 3 is 1.32 bits per heavy atom. The molecule has 0 aromatic heterocycles. The molecule has 13 heteroatoms. The largest absolute Gasteiger partial charge is 0.384 e. The first-order valence-corrected chi connectivity index (χ1v) is 17.5. The highest BCUT2D eigenvalue weighted by Gasteiger charge is 2.15. The number of nitrogens with zero attached hydrogens (tertiary/aromatic N) is 2. The topological polar surface area (TPSA) is 134 Å². The van der Waals surface area contributed by atoms with E-state index in [4.69, 9.17) is 19.6 Å². The summed E-state index contributed by atoms with van der Waals surface area (Å²) in [5, 5.41) is 3.46. The van der Waals surface area contributed by atoms with Gasteiger partial charge in [0.25, 0.3) is 0 Å². The van der Waals surface area contributed by atoms with Gasteiger partial charge in [0.2, 0.25) is 0 Å². The molecule has 0 radical (unpaired) electrons. The van der Waals surface area contributed by atoms with Crippen LogP contribution in [0.2, 0.25) is 0 Å². The maximum atomic E-state index is 11.0. The molecule has 31 heavy (non-hydrogen) atoms. The lowest BCUT2D eigenvalue weighted by Crippen LogP contribution is -2.32. The first kappa shape index (κ1) is 31.9. The Morgan fingerprint density at radius 2 is 1.00 bits per heavy atom. The normalized spacial score (nSPS) is 12.9. The SMILES string of the molecule is CCCCN(CCCNCCCN(CCCC)CCSP(=O)(O)O)CCSP(=O)(O)O. The average Bonchev–Trinajstić information content (AvgIpc) is 2.66. The highest BCUT2D eigenvalue weighted by molar-refractivity contribution is 8.54. The zero-order chi connectivity index (χ0) is 23.6. The Morgan fingerprint density at radius 1 is 0.645 bits per heavy atom. The van der Waals surface area contributed by atoms with Gasteiger partial charge in [-0.1, -0.05) is 26.7 Å². The van der Waals surface area contributed by atoms with Crippen molar-refractivity contribution in [1.82, 2.24) is 15.1 Å². The van der Waals surface area contributed by atoms with E-state index in [-0.39, 0.29) is 0 Å². The molecule has 5 N–H and O–H groups in total. The molecule has 0 saturated carbocycles. The number of hydrogen-bond donors (Lipinski definition) is 5. The predicted molar refractivity (Wildman–Crippen MR) is 134 cm³/mol. The molecule has 0 aliphatic rings. The van der Waals surface area contributed by atoms with E-state index in [1.54, 1.807) is 0 Å². The monoisotopic (exact) mass is 523 g/mol. The second-order valence-corrected chi connectivity index (χ2v) is 15.2. The summed E-state index contributed by atoms with van der Waals surface area (Å²) in [5.41, 5.74) is 0. The molecule has 0 atom stereocenters. The number of rotatable bonds is 22. The number of unbranched alkanes of at least 4 members (excludes halogenated alkanes) is 2. The van der Waals surface area contributed by atoms with Crippen LogP contribution in [0.25, 0.3) is 0 Å². The molecule has 0 aliphatic carbocycles. The van der Waals surface area contributed by atoms with E-state index in [0.717, 1.165) is 101 Å². The number of nitrogens with one attached hydrogen (secondary N) is 1. The van der Waals surface area contributed by atoms with E-state index in [2.05, 4.69) is 29.0 Å². The van der Waals surface area contributed by atoms with Crippen molar-refractivity contribution < 1.29 is 28.7 Å². The van der Waals surface area contributed by atoms with Crippen LogP contribution in [-0.2, 0) is 9.13 Å². The van der Waals surface area contributed by atoms with Crippen molar-refractivity contribution in [2.24, 2.45) is 0 Å². The van der Waals surface area contributed by atoms with Crippen LogP contribution < -0.4 is 5.32 Å². The summed E-state index contributed by atoms with van der Waals surface area (Å²) in [6.07, 6.45) is 6.35. The first-order valence-electron chi connectivity index (χ1n) is 11.1. The third-order valence-electron chi connectivity index (χ3n) is 4.65. The molecule has 0 unspecified atom stereocenters. The molecule has 0 saturated heterocycles. The van der Waals surface area contributed by atoms with Gasteiger partial charge in [-0.2, -0.15) is 0 Å². The highest BCUT2D eigenvalue weighted by atomic mass is 32.7. The quantitative estimate of drug-likeness (QED) is 0.106. The van der Waals surface area contributed by atoms with E-state index in [1.165, 1.54) is 0 Å². The molecule has 0 spiro atoms. The fourth-order valence-corrected chi connectivity index (χ4v) is 6.06. The molecule has 0 amide bonds. The van der Waals surface area contributed by atoms with Gasteiger partial charge in [0.1, 0.15) is 0 Å². The molecule has 9 nitrogen and oxygen atoms in total. The minimum Gasteiger partial charge on any atom is -0.317 e. The van der Waals surface area contributed by atoms with Gasteiger partial charge >= 0.3 is 13.6 Å². The van der Waals surface area contributed by atoms with Gasteiger partial charge in [0.15, 0.2) is 0 Å². The van der Waals surface area contributed by atoms with E-state index in [9.17, 15) is 9.13 Å². The van der Waals surface area contributed by atoms with Crippen LogP contribution in [0.5, 0.6) is 0 Å². The van der Waals surface area contributed by atoms with Crippen LogP contribution in [0.3, 0.4) is 0 Å². The standard InChI is InChI=1S/C18H43N3O6P2S2/c1-3-5-11-20(15-17-30-28(22,23)24)13-7-9-19-10-8-14-21(12-6-4-2)16-18-31-29(25,26)27/h19H,3-18H2,1-2H3,(H2,22,23,24)(H2,25,26,27). The van der Waals surface area contributed by atoms with Crippen LogP contribution in [-0.4, -0.2) is 93.2 Å². The van der Waals surface area contributed by atoms with Gasteiger partial charge in [-0.05, 0) is 87.7 Å². The van der Waals surface area contributed by atoms with Crippen LogP contribution in [0.4, 0.5) is 0 Å². The minimum absolute atomic E-state index is 0.440. The van der Waals surface area contributed by atoms with Crippen molar-refractivity contribution in [3.63, 3.8) is 0 Å². The van der Waals surface area contributed by atoms with Gasteiger partial charge in [0, 0.05) is 24.6 Å². The molecule has 0 bridgehead atoms. The van der Waals surface area contributed by atoms with Crippen LogP contribution >= 0.6 is 36.4 Å². The second-order valence-electron chi connectivity index (χ2n) is 7.50. The van der Waals surface area contributed by atoms with Gasteiger partial charge in [-0.25, -0.2) is 9.13 Å². The third kappa shape index (κ3) is 23.8. The van der Waals surface area contributed by atoms with Gasteiger partial charge in [-0.15, -0.1) is 0 Å². The average molecular weight is 524 g/mol. The molecule has 0 aliphatic heterocycles. The molecule has 0 aromatic carbocycles. The van der Waals surface area contributed by atoms with Crippen LogP contribution in [0.1, 0.15) is 52.4 Å². The Balaban J connectivity index is 4.01. The molecule has 0 heterocycles. The summed E-state index contributed by atoms with van der Waals surface area (Å²) < 4.78 is 22.0. The summed E-state index contributed by atoms with van der Waals surface area (Å²) in [4.78, 5) is 40.5. The maximum absolute atomic E-state index is 11.0. The summed E-state index contributed by atoms with van der Waals surface area (Å²) in [6, 6.07) is 0. The van der Waals surface area contributed by atoms with Gasteiger partial charge in [0.05, 0.1) is 0 Å². The van der Waals surface area contributed by atoms with Gasteiger partial charge in [-0.3, -0.25) is 0 Å². The summed E-state index contributed by atoms with van der Waals surface area (Å²) in [5.74, 6) is 0.880. The smallest absolute Gasteiger partial charge is 0.317 e. The fraction of sp³-hybridized carbons (Fsp3) is 1.00. The Labute approximate surface area is 196 Å². The molecule has 0 fully saturated rings. The van der Waals surface area contributed by atoms with Gasteiger partial charge < -0.3 is 34.7 Å². The highest BCUT2D eigenvalue weighted by Crippen LogP contribution is 2.50. The van der Waals surface area contributed by atoms with Crippen LogP contribution in [0, 0.1) is 0 Å². The molecular weight excluding hydrogens is 480 g/mol. The van der Waals surface area contributed by atoms with Crippen molar-refractivity contribution in [2.45, 2.75) is 52.4 Å². The lowest BCUT2D eigenvalue weighted by Gasteiger charge is -2.23. The fourth-order valence-electron chi connectivity index (χ4n) is 2.99. The molecule has 0 aromatic rings. The molecule has 0 rings (SSSR count). The second kappa shape index (κ2) is 19.2. The van der Waals surface area contributed by atoms with Crippen molar-refractivity contribution in [2.75, 3.05) is 63.9 Å². The van der Waals surface area contributed by atoms with Crippen molar-refractivity contribution in [3.05, 3.63) is 0 Å². The van der Waals surface area contributed by atoms with Crippen molar-refractivity contribution >= 4 is 36.4 Å². The Kier molecular flexibility index (Phi) is 19.8. The zero-order valence-corrected chi connectivity index (χ0v) is 22.4. The Bertz CT molecular complexity index is 481.